The summed E-state index contributed by atoms with van der Waals surface area (Å²) in [5.74, 6) is 1.11. The van der Waals surface area contributed by atoms with Crippen LogP contribution in [0.15, 0.2) is 10.5 Å². The SMILES string of the molecule is Cc1cc(C(=O)NC2(C#N)CCCC2)c(C)o1. The molecule has 0 aliphatic heterocycles. The summed E-state index contributed by atoms with van der Waals surface area (Å²) in [4.78, 5) is 12.1. The lowest BCUT2D eigenvalue weighted by molar-refractivity contribution is 0.0919. The third-order valence-electron chi connectivity index (χ3n) is 3.31. The summed E-state index contributed by atoms with van der Waals surface area (Å²) in [7, 11) is 0. The smallest absolute Gasteiger partial charge is 0.256 e. The number of rotatable bonds is 2. The van der Waals surface area contributed by atoms with Gasteiger partial charge in [0.25, 0.3) is 5.91 Å². The minimum Gasteiger partial charge on any atom is -0.466 e. The van der Waals surface area contributed by atoms with E-state index in [1.54, 1.807) is 19.9 Å². The Morgan fingerprint density at radius 2 is 2.12 bits per heavy atom. The van der Waals surface area contributed by atoms with E-state index in [0.717, 1.165) is 25.7 Å². The molecule has 1 aromatic rings. The highest BCUT2D eigenvalue weighted by atomic mass is 16.3. The van der Waals surface area contributed by atoms with Crippen LogP contribution in [0.5, 0.6) is 0 Å². The molecule has 2 rings (SSSR count). The van der Waals surface area contributed by atoms with Gasteiger partial charge < -0.3 is 9.73 Å². The number of carbonyl (C=O) groups is 1. The van der Waals surface area contributed by atoms with Gasteiger partial charge in [0.2, 0.25) is 0 Å². The molecule has 17 heavy (non-hydrogen) atoms. The fourth-order valence-corrected chi connectivity index (χ4v) is 2.38. The molecule has 90 valence electrons. The van der Waals surface area contributed by atoms with Crippen molar-refractivity contribution in [3.05, 3.63) is 23.2 Å². The van der Waals surface area contributed by atoms with Gasteiger partial charge in [0.1, 0.15) is 17.1 Å². The first-order valence-electron chi connectivity index (χ1n) is 5.87. The van der Waals surface area contributed by atoms with Crippen molar-refractivity contribution in [1.29, 1.82) is 5.26 Å². The molecule has 1 aromatic heterocycles. The Kier molecular flexibility index (Phi) is 2.93. The normalized spacial score (nSPS) is 17.7. The molecular formula is C13H16N2O2. The van der Waals surface area contributed by atoms with Crippen LogP contribution >= 0.6 is 0 Å². The average molecular weight is 232 g/mol. The van der Waals surface area contributed by atoms with Gasteiger partial charge in [-0.3, -0.25) is 4.79 Å². The Morgan fingerprint density at radius 3 is 2.59 bits per heavy atom. The lowest BCUT2D eigenvalue weighted by Gasteiger charge is -2.21. The fourth-order valence-electron chi connectivity index (χ4n) is 2.38. The highest BCUT2D eigenvalue weighted by Gasteiger charge is 2.36. The van der Waals surface area contributed by atoms with Gasteiger partial charge in [0, 0.05) is 0 Å². The first-order valence-corrected chi connectivity index (χ1v) is 5.87. The number of hydrogen-bond donors (Lipinski definition) is 1. The zero-order chi connectivity index (χ0) is 12.5. The quantitative estimate of drug-likeness (QED) is 0.851. The van der Waals surface area contributed by atoms with Crippen LogP contribution < -0.4 is 5.32 Å². The molecule has 0 bridgehead atoms. The number of nitrogens with zero attached hydrogens (tertiary/aromatic N) is 1. The molecule has 0 unspecified atom stereocenters. The van der Waals surface area contributed by atoms with Crippen molar-refractivity contribution in [2.75, 3.05) is 0 Å². The van der Waals surface area contributed by atoms with Gasteiger partial charge in [-0.25, -0.2) is 0 Å². The second kappa shape index (κ2) is 4.25. The molecule has 1 fully saturated rings. The zero-order valence-corrected chi connectivity index (χ0v) is 10.2. The molecule has 1 aliphatic carbocycles. The van der Waals surface area contributed by atoms with Gasteiger partial charge in [-0.15, -0.1) is 0 Å². The van der Waals surface area contributed by atoms with Crippen molar-refractivity contribution >= 4 is 5.91 Å². The van der Waals surface area contributed by atoms with E-state index in [4.69, 9.17) is 4.42 Å². The number of furan rings is 1. The van der Waals surface area contributed by atoms with Crippen LogP contribution in [0.1, 0.15) is 47.6 Å². The molecule has 1 aliphatic rings. The zero-order valence-electron chi connectivity index (χ0n) is 10.2. The second-order valence-corrected chi connectivity index (χ2v) is 4.68. The number of carbonyl (C=O) groups excluding carboxylic acids is 1. The van der Waals surface area contributed by atoms with Crippen molar-refractivity contribution in [2.45, 2.75) is 45.1 Å². The number of aryl methyl sites for hydroxylation is 2. The monoisotopic (exact) mass is 232 g/mol. The van der Waals surface area contributed by atoms with E-state index in [1.165, 1.54) is 0 Å². The topological polar surface area (TPSA) is 66.0 Å². The first kappa shape index (κ1) is 11.7. The lowest BCUT2D eigenvalue weighted by Crippen LogP contribution is -2.45. The molecule has 4 heteroatoms. The van der Waals surface area contributed by atoms with Crippen molar-refractivity contribution in [1.82, 2.24) is 5.32 Å². The summed E-state index contributed by atoms with van der Waals surface area (Å²) in [6.45, 7) is 3.56. The third-order valence-corrected chi connectivity index (χ3v) is 3.31. The maximum atomic E-state index is 12.1. The van der Waals surface area contributed by atoms with Crippen LogP contribution in [0.3, 0.4) is 0 Å². The molecule has 0 spiro atoms. The third kappa shape index (κ3) is 2.19. The van der Waals surface area contributed by atoms with Crippen LogP contribution in [-0.2, 0) is 0 Å². The number of nitriles is 1. The Hall–Kier alpha value is -1.76. The molecule has 1 heterocycles. The summed E-state index contributed by atoms with van der Waals surface area (Å²) in [6, 6.07) is 3.95. The summed E-state index contributed by atoms with van der Waals surface area (Å²) >= 11 is 0. The van der Waals surface area contributed by atoms with Crippen molar-refractivity contribution < 1.29 is 9.21 Å². The molecular weight excluding hydrogens is 216 g/mol. The van der Waals surface area contributed by atoms with Gasteiger partial charge in [-0.1, -0.05) is 0 Å². The minimum atomic E-state index is -0.672. The standard InChI is InChI=1S/C13H16N2O2/c1-9-7-11(10(2)17-9)12(16)15-13(8-14)5-3-4-6-13/h7H,3-6H2,1-2H3,(H,15,16). The molecule has 0 saturated heterocycles. The largest absolute Gasteiger partial charge is 0.466 e. The van der Waals surface area contributed by atoms with Gasteiger partial charge >= 0.3 is 0 Å². The number of nitrogens with one attached hydrogen (secondary N) is 1. The van der Waals surface area contributed by atoms with E-state index in [9.17, 15) is 10.1 Å². The van der Waals surface area contributed by atoms with E-state index < -0.39 is 5.54 Å². The highest BCUT2D eigenvalue weighted by Crippen LogP contribution is 2.29. The van der Waals surface area contributed by atoms with E-state index in [1.807, 2.05) is 0 Å². The Morgan fingerprint density at radius 1 is 1.47 bits per heavy atom. The molecule has 0 radical (unpaired) electrons. The van der Waals surface area contributed by atoms with Crippen LogP contribution in [0, 0.1) is 25.2 Å². The average Bonchev–Trinajstić information content (AvgIpc) is 2.86. The Labute approximate surface area is 101 Å². The van der Waals surface area contributed by atoms with E-state index in [-0.39, 0.29) is 5.91 Å². The number of hydrogen-bond acceptors (Lipinski definition) is 3. The summed E-state index contributed by atoms with van der Waals surface area (Å²) in [6.07, 6.45) is 3.48. The van der Waals surface area contributed by atoms with Crippen molar-refractivity contribution in [2.24, 2.45) is 0 Å². The molecule has 0 aromatic carbocycles. The summed E-state index contributed by atoms with van der Waals surface area (Å²) in [5.41, 5.74) is -0.140. The van der Waals surface area contributed by atoms with E-state index in [0.29, 0.717) is 17.1 Å². The Bertz CT molecular complexity index is 476. The maximum absolute atomic E-state index is 12.1. The first-order chi connectivity index (χ1) is 8.06. The van der Waals surface area contributed by atoms with Crippen LogP contribution in [0.4, 0.5) is 0 Å². The predicted molar refractivity (Wildman–Crippen MR) is 62.5 cm³/mol. The van der Waals surface area contributed by atoms with Crippen molar-refractivity contribution in [3.63, 3.8) is 0 Å². The van der Waals surface area contributed by atoms with Crippen LogP contribution in [0.2, 0.25) is 0 Å². The summed E-state index contributed by atoms with van der Waals surface area (Å²) < 4.78 is 5.32. The fraction of sp³-hybridized carbons (Fsp3) is 0.538. The molecule has 1 amide bonds. The number of amides is 1. The van der Waals surface area contributed by atoms with E-state index >= 15 is 0 Å². The minimum absolute atomic E-state index is 0.206. The second-order valence-electron chi connectivity index (χ2n) is 4.68. The maximum Gasteiger partial charge on any atom is 0.256 e. The van der Waals surface area contributed by atoms with Gasteiger partial charge in [-0.05, 0) is 45.6 Å². The van der Waals surface area contributed by atoms with Crippen LogP contribution in [0.25, 0.3) is 0 Å². The van der Waals surface area contributed by atoms with Gasteiger partial charge in [0.15, 0.2) is 0 Å². The highest BCUT2D eigenvalue weighted by molar-refractivity contribution is 5.96. The Balaban J connectivity index is 2.17. The predicted octanol–water partition coefficient (Wildman–Crippen LogP) is 2.46. The molecule has 1 saturated carbocycles. The molecule has 0 atom stereocenters. The van der Waals surface area contributed by atoms with E-state index in [2.05, 4.69) is 11.4 Å². The molecule has 4 nitrogen and oxygen atoms in total. The lowest BCUT2D eigenvalue weighted by atomic mass is 9.99. The van der Waals surface area contributed by atoms with Crippen molar-refractivity contribution in [3.8, 4) is 6.07 Å². The van der Waals surface area contributed by atoms with Gasteiger partial charge in [0.05, 0.1) is 11.6 Å². The van der Waals surface area contributed by atoms with Crippen LogP contribution in [-0.4, -0.2) is 11.4 Å². The summed E-state index contributed by atoms with van der Waals surface area (Å²) in [5, 5.41) is 12.1. The van der Waals surface area contributed by atoms with Gasteiger partial charge in [-0.2, -0.15) is 5.26 Å². The molecule has 1 N–H and O–H groups in total.